The van der Waals surface area contributed by atoms with Gasteiger partial charge in [-0.25, -0.2) is 0 Å². The molecule has 46 valence electrons. The number of halogens is 3. The molecule has 0 rings (SSSR count). The van der Waals surface area contributed by atoms with E-state index in [1.54, 1.807) is 6.08 Å². The van der Waals surface area contributed by atoms with Gasteiger partial charge in [0.2, 0.25) is 0 Å². The van der Waals surface area contributed by atoms with E-state index in [0.717, 1.165) is 5.31 Å². The number of hydrogen-bond donors (Lipinski definition) is 0. The molecule has 0 radical (unpaired) electrons. The van der Waals surface area contributed by atoms with Gasteiger partial charge >= 0.3 is 0 Å². The molecule has 8 heavy (non-hydrogen) atoms. The average molecular weight is 323 g/mol. The molecule has 0 aliphatic heterocycles. The molecule has 0 heterocycles. The molecule has 0 saturated carbocycles. The van der Waals surface area contributed by atoms with Crippen molar-refractivity contribution in [3.8, 4) is 0 Å². The lowest BCUT2D eigenvalue weighted by molar-refractivity contribution is 2.04. The molecular weight excluding hydrogens is 319 g/mol. The van der Waals surface area contributed by atoms with Crippen molar-refractivity contribution in [2.75, 3.05) is 0 Å². The zero-order chi connectivity index (χ0) is 6.57. The van der Waals surface area contributed by atoms with Gasteiger partial charge in [-0.3, -0.25) is 0 Å². The molecule has 0 aromatic carbocycles. The third-order valence-electron chi connectivity index (χ3n) is 0.516. The minimum absolute atomic E-state index is 0.343. The molecule has 0 aliphatic rings. The highest BCUT2D eigenvalue weighted by Gasteiger charge is 1.98. The van der Waals surface area contributed by atoms with Crippen LogP contribution in [-0.4, -0.2) is 0 Å². The lowest BCUT2D eigenvalue weighted by atomic mass is 10.6. The van der Waals surface area contributed by atoms with Crippen LogP contribution < -0.4 is 0 Å². The summed E-state index contributed by atoms with van der Waals surface area (Å²) >= 11 is 9.95. The fraction of sp³-hybridized carbons (Fsp3) is 0. The topological polar surface area (TPSA) is 0 Å². The van der Waals surface area contributed by atoms with Gasteiger partial charge in [-0.2, -0.15) is 0 Å². The fourth-order valence-electron chi connectivity index (χ4n) is 0.150. The van der Waals surface area contributed by atoms with Gasteiger partial charge in [-0.05, 0) is 36.0 Å². The van der Waals surface area contributed by atoms with E-state index in [4.69, 9.17) is 0 Å². The Kier molecular flexibility index (Phi) is 6.03. The van der Waals surface area contributed by atoms with Crippen molar-refractivity contribution in [1.82, 2.24) is 0 Å². The van der Waals surface area contributed by atoms with Crippen molar-refractivity contribution in [2.45, 2.75) is 0 Å². The molecule has 0 aliphatic carbocycles. The molecule has 0 aromatic rings. The largest absolute Gasteiger partial charge is 0.0984 e. The van der Waals surface area contributed by atoms with Crippen molar-refractivity contribution >= 4 is 52.2 Å². The van der Waals surface area contributed by atoms with Gasteiger partial charge in [0.25, 0.3) is 0 Å². The van der Waals surface area contributed by atoms with Crippen LogP contribution in [0.1, 0.15) is 0 Å². The summed E-state index contributed by atoms with van der Waals surface area (Å²) in [4.78, 5) is 1.84. The van der Waals surface area contributed by atoms with Crippen LogP contribution in [0.2, 0.25) is 0 Å². The average Bonchev–Trinajstić information content (AvgIpc) is 1.69. The Morgan fingerprint density at radius 1 is 1.50 bits per heavy atom. The Labute approximate surface area is 74.8 Å². The smallest absolute Gasteiger partial charge is 0.0659 e. The van der Waals surface area contributed by atoms with Gasteiger partial charge in [-0.15, -0.1) is 0 Å². The molecule has 0 unspecified atom stereocenters. The van der Waals surface area contributed by atoms with E-state index >= 15 is 0 Å². The molecule has 4 heteroatoms. The summed E-state index contributed by atoms with van der Waals surface area (Å²) < 4.78 is 0. The molecule has 0 fully saturated rings. The third-order valence-corrected chi connectivity index (χ3v) is 4.52. The highest BCUT2D eigenvalue weighted by molar-refractivity contribution is 9.70. The minimum atomic E-state index is -0.343. The molecule has 0 N–H and O–H groups in total. The maximum Gasteiger partial charge on any atom is 0.0659 e. The summed E-state index contributed by atoms with van der Waals surface area (Å²) in [7, 11) is 0. The molecular formula is C4H4Br3P. The number of rotatable bonds is 2. The predicted octanol–water partition coefficient (Wildman–Crippen LogP) is 4.51. The SMILES string of the molecule is C=C/C(=C\Br)P(Br)Br. The molecule has 0 aromatic heterocycles. The summed E-state index contributed by atoms with van der Waals surface area (Å²) in [5.74, 6) is 0. The Morgan fingerprint density at radius 2 is 2.00 bits per heavy atom. The highest BCUT2D eigenvalue weighted by Crippen LogP contribution is 2.59. The molecule has 0 spiro atoms. The van der Waals surface area contributed by atoms with Crippen molar-refractivity contribution in [2.24, 2.45) is 0 Å². The summed E-state index contributed by atoms with van der Waals surface area (Å²) in [6.07, 6.45) is 1.80. The van der Waals surface area contributed by atoms with Gasteiger partial charge in [0, 0.05) is 5.31 Å². The van der Waals surface area contributed by atoms with E-state index < -0.39 is 0 Å². The van der Waals surface area contributed by atoms with Gasteiger partial charge < -0.3 is 0 Å². The zero-order valence-electron chi connectivity index (χ0n) is 3.94. The van der Waals surface area contributed by atoms with Crippen LogP contribution in [0.4, 0.5) is 0 Å². The first-order chi connectivity index (χ1) is 3.72. The maximum absolute atomic E-state index is 3.61. The van der Waals surface area contributed by atoms with Crippen molar-refractivity contribution in [3.05, 3.63) is 23.0 Å². The zero-order valence-corrected chi connectivity index (χ0v) is 9.60. The van der Waals surface area contributed by atoms with Crippen molar-refractivity contribution in [1.29, 1.82) is 0 Å². The minimum Gasteiger partial charge on any atom is -0.0984 e. The van der Waals surface area contributed by atoms with Crippen LogP contribution in [0.3, 0.4) is 0 Å². The van der Waals surface area contributed by atoms with E-state index in [1.807, 2.05) is 4.99 Å². The monoisotopic (exact) mass is 320 g/mol. The summed E-state index contributed by atoms with van der Waals surface area (Å²) in [5, 5.41) is 0.796. The highest BCUT2D eigenvalue weighted by atomic mass is 79.9. The summed E-state index contributed by atoms with van der Waals surface area (Å²) in [6, 6.07) is 0. The lowest BCUT2D eigenvalue weighted by Crippen LogP contribution is -1.56. The Morgan fingerprint density at radius 3 is 2.00 bits per heavy atom. The van der Waals surface area contributed by atoms with Gasteiger partial charge in [0.1, 0.15) is 0 Å². The van der Waals surface area contributed by atoms with E-state index in [-0.39, 0.29) is 5.33 Å². The standard InChI is InChI=1S/C4H4Br3P/c1-2-4(3-5)8(6)7/h2-3H,1H2/b4-3+. The van der Waals surface area contributed by atoms with Crippen LogP contribution >= 0.6 is 52.2 Å². The van der Waals surface area contributed by atoms with Crippen LogP contribution in [0.15, 0.2) is 23.0 Å². The second-order valence-electron chi connectivity index (χ2n) is 0.971. The third kappa shape index (κ3) is 3.39. The van der Waals surface area contributed by atoms with E-state index in [0.29, 0.717) is 0 Å². The van der Waals surface area contributed by atoms with Crippen molar-refractivity contribution < 1.29 is 0 Å². The van der Waals surface area contributed by atoms with Crippen LogP contribution in [0, 0.1) is 0 Å². The number of hydrogen-bond acceptors (Lipinski definition) is 0. The van der Waals surface area contributed by atoms with Crippen LogP contribution in [-0.2, 0) is 0 Å². The lowest BCUT2D eigenvalue weighted by Gasteiger charge is -1.96. The second kappa shape index (κ2) is 5.16. The van der Waals surface area contributed by atoms with Crippen molar-refractivity contribution in [3.63, 3.8) is 0 Å². The number of allylic oxidation sites excluding steroid dienone is 2. The Bertz CT molecular complexity index is 108. The predicted molar refractivity (Wildman–Crippen MR) is 52.0 cm³/mol. The summed E-state index contributed by atoms with van der Waals surface area (Å²) in [6.45, 7) is 3.61. The first-order valence-electron chi connectivity index (χ1n) is 1.77. The molecule has 0 atom stereocenters. The fourth-order valence-corrected chi connectivity index (χ4v) is 4.29. The Hall–Kier alpha value is 1.35. The van der Waals surface area contributed by atoms with Crippen LogP contribution in [0.25, 0.3) is 0 Å². The second-order valence-corrected chi connectivity index (χ2v) is 9.52. The Balaban J connectivity index is 3.91. The quantitative estimate of drug-likeness (QED) is 0.518. The van der Waals surface area contributed by atoms with Crippen LogP contribution in [0.5, 0.6) is 0 Å². The molecule has 0 bridgehead atoms. The summed E-state index contributed by atoms with van der Waals surface area (Å²) in [5.41, 5.74) is 0. The maximum atomic E-state index is 3.61. The molecule has 0 nitrogen and oxygen atoms in total. The van der Waals surface area contributed by atoms with Gasteiger partial charge in [-0.1, -0.05) is 28.6 Å². The van der Waals surface area contributed by atoms with Gasteiger partial charge in [0.05, 0.1) is 5.33 Å². The normalized spacial score (nSPS) is 12.2. The molecule has 0 saturated heterocycles. The van der Waals surface area contributed by atoms with E-state index in [1.165, 1.54) is 0 Å². The molecule has 0 amide bonds. The van der Waals surface area contributed by atoms with Gasteiger partial charge in [0.15, 0.2) is 0 Å². The van der Waals surface area contributed by atoms with E-state index in [9.17, 15) is 0 Å². The first kappa shape index (κ1) is 9.35. The first-order valence-corrected chi connectivity index (χ1v) is 8.06. The van der Waals surface area contributed by atoms with E-state index in [2.05, 4.69) is 53.5 Å².